The van der Waals surface area contributed by atoms with Crippen LogP contribution >= 0.6 is 0 Å². The Labute approximate surface area is 107 Å². The molecule has 0 amide bonds. The number of nitrogens with zero attached hydrogens (tertiary/aromatic N) is 3. The first-order chi connectivity index (χ1) is 8.81. The molecule has 0 spiro atoms. The van der Waals surface area contributed by atoms with Gasteiger partial charge in [-0.15, -0.1) is 0 Å². The molecule has 94 valence electrons. The van der Waals surface area contributed by atoms with Gasteiger partial charge in [0.1, 0.15) is 18.0 Å². The highest BCUT2D eigenvalue weighted by molar-refractivity contribution is 5.56. The Bertz CT molecular complexity index is 498. The van der Waals surface area contributed by atoms with E-state index in [2.05, 4.69) is 25.6 Å². The summed E-state index contributed by atoms with van der Waals surface area (Å²) >= 11 is 0. The second-order valence-electron chi connectivity index (χ2n) is 3.94. The second kappa shape index (κ2) is 5.95. The Hall–Kier alpha value is -2.17. The second-order valence-corrected chi connectivity index (χ2v) is 3.94. The lowest BCUT2D eigenvalue weighted by molar-refractivity contribution is 1.04. The molecule has 0 bridgehead atoms. The molecule has 0 saturated carbocycles. The standard InChI is InChI=1S/C13H17N5/c1-3-15-12-10(2)13(18-9-17-12)16-8-11-4-6-14-7-5-11/h4-7,9H,3,8H2,1-2H3,(H2,15,16,17,18). The predicted octanol–water partition coefficient (Wildman–Crippen LogP) is 2.22. The van der Waals surface area contributed by atoms with Crippen LogP contribution in [0.2, 0.25) is 0 Å². The van der Waals surface area contributed by atoms with Crippen molar-refractivity contribution >= 4 is 11.6 Å². The monoisotopic (exact) mass is 243 g/mol. The van der Waals surface area contributed by atoms with Gasteiger partial charge in [0.05, 0.1) is 0 Å². The van der Waals surface area contributed by atoms with Crippen LogP contribution in [-0.4, -0.2) is 21.5 Å². The van der Waals surface area contributed by atoms with Crippen LogP contribution in [0.4, 0.5) is 11.6 Å². The van der Waals surface area contributed by atoms with Crippen molar-refractivity contribution in [1.82, 2.24) is 15.0 Å². The van der Waals surface area contributed by atoms with Gasteiger partial charge in [-0.1, -0.05) is 0 Å². The number of pyridine rings is 1. The molecule has 5 nitrogen and oxygen atoms in total. The minimum Gasteiger partial charge on any atom is -0.370 e. The molecular weight excluding hydrogens is 226 g/mol. The van der Waals surface area contributed by atoms with Crippen LogP contribution in [0.15, 0.2) is 30.9 Å². The minimum absolute atomic E-state index is 0.728. The summed E-state index contributed by atoms with van der Waals surface area (Å²) in [7, 11) is 0. The van der Waals surface area contributed by atoms with Crippen molar-refractivity contribution in [2.75, 3.05) is 17.2 Å². The Balaban J connectivity index is 2.08. The molecule has 5 heteroatoms. The van der Waals surface area contributed by atoms with E-state index < -0.39 is 0 Å². The molecule has 2 heterocycles. The summed E-state index contributed by atoms with van der Waals surface area (Å²) in [6, 6.07) is 3.96. The summed E-state index contributed by atoms with van der Waals surface area (Å²) < 4.78 is 0. The van der Waals surface area contributed by atoms with Crippen LogP contribution in [-0.2, 0) is 6.54 Å². The zero-order chi connectivity index (χ0) is 12.8. The number of anilines is 2. The van der Waals surface area contributed by atoms with E-state index in [1.165, 1.54) is 5.56 Å². The number of hydrogen-bond acceptors (Lipinski definition) is 5. The first-order valence-electron chi connectivity index (χ1n) is 5.99. The molecule has 0 saturated heterocycles. The maximum Gasteiger partial charge on any atom is 0.134 e. The highest BCUT2D eigenvalue weighted by Crippen LogP contribution is 2.18. The Morgan fingerprint density at radius 1 is 1.06 bits per heavy atom. The van der Waals surface area contributed by atoms with Gasteiger partial charge in [-0.25, -0.2) is 9.97 Å². The average Bonchev–Trinajstić information content (AvgIpc) is 2.41. The lowest BCUT2D eigenvalue weighted by Gasteiger charge is -2.11. The number of nitrogens with one attached hydrogen (secondary N) is 2. The molecule has 0 aromatic carbocycles. The molecule has 0 atom stereocenters. The minimum atomic E-state index is 0.728. The van der Waals surface area contributed by atoms with Gasteiger partial charge in [-0.3, -0.25) is 4.98 Å². The van der Waals surface area contributed by atoms with E-state index in [4.69, 9.17) is 0 Å². The van der Waals surface area contributed by atoms with Crippen LogP contribution in [0.5, 0.6) is 0 Å². The van der Waals surface area contributed by atoms with Gasteiger partial charge in [0.2, 0.25) is 0 Å². The fourth-order valence-electron chi connectivity index (χ4n) is 1.66. The zero-order valence-corrected chi connectivity index (χ0v) is 10.6. The predicted molar refractivity (Wildman–Crippen MR) is 72.5 cm³/mol. The lowest BCUT2D eigenvalue weighted by Crippen LogP contribution is -2.08. The molecular formula is C13H17N5. The van der Waals surface area contributed by atoms with E-state index in [9.17, 15) is 0 Å². The van der Waals surface area contributed by atoms with Crippen molar-refractivity contribution in [2.45, 2.75) is 20.4 Å². The number of rotatable bonds is 5. The Morgan fingerprint density at radius 2 is 1.72 bits per heavy atom. The first-order valence-corrected chi connectivity index (χ1v) is 5.99. The smallest absolute Gasteiger partial charge is 0.134 e. The van der Waals surface area contributed by atoms with E-state index in [-0.39, 0.29) is 0 Å². The SMILES string of the molecule is CCNc1ncnc(NCc2ccncc2)c1C. The van der Waals surface area contributed by atoms with E-state index in [1.807, 2.05) is 26.0 Å². The normalized spacial score (nSPS) is 10.1. The van der Waals surface area contributed by atoms with Gasteiger partial charge in [-0.2, -0.15) is 0 Å². The average molecular weight is 243 g/mol. The Morgan fingerprint density at radius 3 is 2.39 bits per heavy atom. The highest BCUT2D eigenvalue weighted by Gasteiger charge is 2.05. The van der Waals surface area contributed by atoms with Gasteiger partial charge in [0.25, 0.3) is 0 Å². The van der Waals surface area contributed by atoms with Crippen molar-refractivity contribution in [2.24, 2.45) is 0 Å². The quantitative estimate of drug-likeness (QED) is 0.843. The molecule has 0 aliphatic rings. The van der Waals surface area contributed by atoms with Crippen molar-refractivity contribution in [3.63, 3.8) is 0 Å². The summed E-state index contributed by atoms with van der Waals surface area (Å²) in [5.41, 5.74) is 2.21. The van der Waals surface area contributed by atoms with E-state index in [1.54, 1.807) is 18.7 Å². The zero-order valence-electron chi connectivity index (χ0n) is 10.6. The topological polar surface area (TPSA) is 62.7 Å². The highest BCUT2D eigenvalue weighted by atomic mass is 15.1. The van der Waals surface area contributed by atoms with Gasteiger partial charge >= 0.3 is 0 Å². The summed E-state index contributed by atoms with van der Waals surface area (Å²) in [4.78, 5) is 12.5. The van der Waals surface area contributed by atoms with Gasteiger partial charge in [0, 0.05) is 31.0 Å². The molecule has 2 aromatic heterocycles. The molecule has 2 aromatic rings. The number of hydrogen-bond donors (Lipinski definition) is 2. The largest absolute Gasteiger partial charge is 0.370 e. The summed E-state index contributed by atoms with van der Waals surface area (Å²) in [6.07, 6.45) is 5.14. The molecule has 0 radical (unpaired) electrons. The van der Waals surface area contributed by atoms with Crippen molar-refractivity contribution in [3.8, 4) is 0 Å². The van der Waals surface area contributed by atoms with Crippen LogP contribution in [0.25, 0.3) is 0 Å². The molecule has 18 heavy (non-hydrogen) atoms. The summed E-state index contributed by atoms with van der Waals surface area (Å²) in [5.74, 6) is 1.74. The summed E-state index contributed by atoms with van der Waals surface area (Å²) in [5, 5.41) is 6.52. The van der Waals surface area contributed by atoms with Crippen LogP contribution in [0, 0.1) is 6.92 Å². The fourth-order valence-corrected chi connectivity index (χ4v) is 1.66. The van der Waals surface area contributed by atoms with Gasteiger partial charge in [-0.05, 0) is 31.5 Å². The third-order valence-corrected chi connectivity index (χ3v) is 2.64. The number of aromatic nitrogens is 3. The molecule has 0 fully saturated rings. The Kier molecular flexibility index (Phi) is 4.06. The molecule has 2 rings (SSSR count). The van der Waals surface area contributed by atoms with Gasteiger partial charge in [0.15, 0.2) is 0 Å². The van der Waals surface area contributed by atoms with E-state index in [0.717, 1.165) is 30.3 Å². The third-order valence-electron chi connectivity index (χ3n) is 2.64. The maximum absolute atomic E-state index is 4.26. The molecule has 2 N–H and O–H groups in total. The fraction of sp³-hybridized carbons (Fsp3) is 0.308. The molecule has 0 unspecified atom stereocenters. The van der Waals surface area contributed by atoms with Crippen molar-refractivity contribution in [3.05, 3.63) is 42.0 Å². The molecule has 0 aliphatic heterocycles. The van der Waals surface area contributed by atoms with Crippen LogP contribution < -0.4 is 10.6 Å². The van der Waals surface area contributed by atoms with E-state index >= 15 is 0 Å². The summed E-state index contributed by atoms with van der Waals surface area (Å²) in [6.45, 7) is 5.63. The van der Waals surface area contributed by atoms with Crippen LogP contribution in [0.3, 0.4) is 0 Å². The first kappa shape index (κ1) is 12.3. The lowest BCUT2D eigenvalue weighted by atomic mass is 10.2. The van der Waals surface area contributed by atoms with E-state index in [0.29, 0.717) is 0 Å². The van der Waals surface area contributed by atoms with Crippen molar-refractivity contribution < 1.29 is 0 Å². The van der Waals surface area contributed by atoms with Gasteiger partial charge < -0.3 is 10.6 Å². The molecule has 0 aliphatic carbocycles. The maximum atomic E-state index is 4.26. The van der Waals surface area contributed by atoms with Crippen LogP contribution in [0.1, 0.15) is 18.1 Å². The van der Waals surface area contributed by atoms with Crippen molar-refractivity contribution in [1.29, 1.82) is 0 Å². The third kappa shape index (κ3) is 2.94.